The van der Waals surface area contributed by atoms with Crippen LogP contribution in [0.4, 0.5) is 11.5 Å². The number of halogens is 1. The van der Waals surface area contributed by atoms with Gasteiger partial charge in [-0.15, -0.1) is 16.6 Å². The lowest BCUT2D eigenvalue weighted by molar-refractivity contribution is 0.308. The Morgan fingerprint density at radius 3 is 2.80 bits per heavy atom. The first-order valence-corrected chi connectivity index (χ1v) is 9.88. The van der Waals surface area contributed by atoms with Crippen molar-refractivity contribution in [3.8, 4) is 12.3 Å². The number of benzene rings is 1. The van der Waals surface area contributed by atoms with Crippen LogP contribution < -0.4 is 15.8 Å². The van der Waals surface area contributed by atoms with Gasteiger partial charge < -0.3 is 10.1 Å². The number of hydrogen-bond acceptors (Lipinski definition) is 5. The average molecular weight is 418 g/mol. The molecule has 1 N–H and O–H groups in total. The van der Waals surface area contributed by atoms with E-state index in [1.807, 2.05) is 35.8 Å². The van der Waals surface area contributed by atoms with Gasteiger partial charge in [-0.2, -0.15) is 0 Å². The van der Waals surface area contributed by atoms with Gasteiger partial charge in [-0.3, -0.25) is 4.57 Å². The first-order valence-electron chi connectivity index (χ1n) is 9.50. The smallest absolute Gasteiger partial charge is 0.160 e. The highest BCUT2D eigenvalue weighted by Crippen LogP contribution is 2.25. The van der Waals surface area contributed by atoms with Crippen LogP contribution >= 0.6 is 11.6 Å². The minimum Gasteiger partial charge on any atom is -0.494 e. The number of imidazole rings is 1. The van der Waals surface area contributed by atoms with Crippen LogP contribution in [0.25, 0.3) is 28.9 Å². The molecule has 1 aliphatic carbocycles. The summed E-state index contributed by atoms with van der Waals surface area (Å²) in [7, 11) is 1.59. The summed E-state index contributed by atoms with van der Waals surface area (Å²) in [6.45, 7) is 1.93. The van der Waals surface area contributed by atoms with Crippen molar-refractivity contribution < 1.29 is 4.74 Å². The topological polar surface area (TPSA) is 64.9 Å². The monoisotopic (exact) mass is 417 g/mol. The molecule has 3 aromatic rings. The molecule has 4 rings (SSSR count). The Morgan fingerprint density at radius 2 is 2.07 bits per heavy atom. The van der Waals surface area contributed by atoms with E-state index >= 15 is 0 Å². The van der Waals surface area contributed by atoms with Crippen molar-refractivity contribution in [3.63, 3.8) is 0 Å². The number of nitrogens with one attached hydrogen (secondary N) is 1. The summed E-state index contributed by atoms with van der Waals surface area (Å²) in [4.78, 5) is 4.54. The molecule has 0 saturated heterocycles. The largest absolute Gasteiger partial charge is 0.494 e. The summed E-state index contributed by atoms with van der Waals surface area (Å²) in [6.07, 6.45) is 16.8. The number of methoxy groups -OCH3 is 1. The number of nitrogens with zero attached hydrogens (tertiary/aromatic N) is 4. The molecule has 0 saturated carbocycles. The van der Waals surface area contributed by atoms with E-state index in [-0.39, 0.29) is 0 Å². The van der Waals surface area contributed by atoms with E-state index in [1.165, 1.54) is 0 Å². The lowest BCUT2D eigenvalue weighted by Gasteiger charge is -2.12. The average Bonchev–Trinajstić information content (AvgIpc) is 3.19. The highest BCUT2D eigenvalue weighted by atomic mass is 35.5. The third kappa shape index (κ3) is 3.56. The number of rotatable bonds is 5. The minimum atomic E-state index is 0.425. The first kappa shape index (κ1) is 19.7. The zero-order chi connectivity index (χ0) is 21.1. The lowest BCUT2D eigenvalue weighted by Crippen LogP contribution is -2.32. The Labute approximate surface area is 179 Å². The zero-order valence-electron chi connectivity index (χ0n) is 16.7. The predicted molar refractivity (Wildman–Crippen MR) is 121 cm³/mol. The molecule has 6 nitrogen and oxygen atoms in total. The number of allylic oxidation sites excluding steroid dienone is 3. The number of fused-ring (bicyclic) bond motifs is 2. The van der Waals surface area contributed by atoms with E-state index in [0.717, 1.165) is 45.7 Å². The third-order valence-corrected chi connectivity index (χ3v) is 5.18. The molecule has 0 aliphatic heterocycles. The van der Waals surface area contributed by atoms with E-state index in [0.29, 0.717) is 16.7 Å². The van der Waals surface area contributed by atoms with Crippen LogP contribution in [0.3, 0.4) is 0 Å². The van der Waals surface area contributed by atoms with Gasteiger partial charge in [0, 0.05) is 22.2 Å². The van der Waals surface area contributed by atoms with Crippen molar-refractivity contribution in [2.75, 3.05) is 12.4 Å². The van der Waals surface area contributed by atoms with Crippen molar-refractivity contribution >= 4 is 52.0 Å². The van der Waals surface area contributed by atoms with Gasteiger partial charge >= 0.3 is 0 Å². The maximum absolute atomic E-state index is 6.20. The van der Waals surface area contributed by atoms with Crippen molar-refractivity contribution in [1.82, 2.24) is 19.7 Å². The van der Waals surface area contributed by atoms with Gasteiger partial charge in [0.1, 0.15) is 6.33 Å². The molecule has 7 heteroatoms. The quantitative estimate of drug-likeness (QED) is 0.390. The number of aromatic nitrogens is 4. The Balaban J connectivity index is 1.72. The summed E-state index contributed by atoms with van der Waals surface area (Å²) in [5, 5.41) is 14.0. The molecule has 0 radical (unpaired) electrons. The van der Waals surface area contributed by atoms with Gasteiger partial charge in [0.15, 0.2) is 16.7 Å². The van der Waals surface area contributed by atoms with E-state index in [4.69, 9.17) is 22.8 Å². The highest BCUT2D eigenvalue weighted by Gasteiger charge is 2.13. The van der Waals surface area contributed by atoms with Crippen LogP contribution in [0.2, 0.25) is 5.15 Å². The normalized spacial score (nSPS) is 13.8. The minimum absolute atomic E-state index is 0.425. The van der Waals surface area contributed by atoms with Crippen molar-refractivity contribution in [2.45, 2.75) is 19.8 Å². The second-order valence-electron chi connectivity index (χ2n) is 6.65. The number of terminal acetylenes is 1. The van der Waals surface area contributed by atoms with Crippen LogP contribution in [0.5, 0.6) is 0 Å². The molecule has 150 valence electrons. The molecule has 0 unspecified atom stereocenters. The fraction of sp³-hybridized carbons (Fsp3) is 0.174. The fourth-order valence-corrected chi connectivity index (χ4v) is 3.74. The number of anilines is 2. The summed E-state index contributed by atoms with van der Waals surface area (Å²) >= 11 is 6.20. The molecule has 0 bridgehead atoms. The maximum Gasteiger partial charge on any atom is 0.160 e. The summed E-state index contributed by atoms with van der Waals surface area (Å²) < 4.78 is 7.38. The molecule has 2 aromatic heterocycles. The fourth-order valence-electron chi connectivity index (χ4n) is 3.52. The van der Waals surface area contributed by atoms with Crippen LogP contribution in [0.15, 0.2) is 42.4 Å². The van der Waals surface area contributed by atoms with Crippen LogP contribution in [0.1, 0.15) is 19.8 Å². The molecular weight excluding hydrogens is 398 g/mol. The Hall–Kier alpha value is -3.56. The van der Waals surface area contributed by atoms with Crippen molar-refractivity contribution in [2.24, 2.45) is 0 Å². The van der Waals surface area contributed by atoms with Gasteiger partial charge in [-0.25, -0.2) is 4.98 Å². The van der Waals surface area contributed by atoms with E-state index in [9.17, 15) is 0 Å². The van der Waals surface area contributed by atoms with Gasteiger partial charge in [0.05, 0.1) is 23.8 Å². The summed E-state index contributed by atoms with van der Waals surface area (Å²) in [5.74, 6) is 3.78. The highest BCUT2D eigenvalue weighted by molar-refractivity contribution is 6.29. The number of hydrogen-bond donors (Lipinski definition) is 1. The summed E-state index contributed by atoms with van der Waals surface area (Å²) in [5.41, 5.74) is 3.43. The van der Waals surface area contributed by atoms with Gasteiger partial charge in [-0.05, 0) is 38.0 Å². The van der Waals surface area contributed by atoms with Crippen molar-refractivity contribution in [1.29, 1.82) is 0 Å². The molecule has 1 aromatic carbocycles. The molecule has 0 fully saturated rings. The second-order valence-corrected chi connectivity index (χ2v) is 7.01. The molecule has 1 aliphatic rings. The van der Waals surface area contributed by atoms with Gasteiger partial charge in [0.25, 0.3) is 0 Å². The summed E-state index contributed by atoms with van der Waals surface area (Å²) in [6, 6.07) is 5.93. The Kier molecular flexibility index (Phi) is 5.55. The van der Waals surface area contributed by atoms with Crippen LogP contribution in [0, 0.1) is 12.3 Å². The SMILES string of the molecule is C#C/C=C(OC)\C(=C/C)n1cnc2cc(Nc3nnc(Cl)c4c3=CCCC=4)ccc21. The predicted octanol–water partition coefficient (Wildman–Crippen LogP) is 3.60. The standard InChI is InChI=1S/C23H20ClN5O/c1-4-8-21(30-3)19(5-2)29-14-25-18-13-15(11-12-20(18)29)26-23-17-10-7-6-9-16(17)22(24)27-28-23/h1,5,8-14H,6-7H2,2-3H3,(H,26,28)/b19-5+,21-8+. The van der Waals surface area contributed by atoms with E-state index in [2.05, 4.69) is 38.6 Å². The molecule has 2 heterocycles. The van der Waals surface area contributed by atoms with Gasteiger partial charge in [-0.1, -0.05) is 35.7 Å². The third-order valence-electron chi connectivity index (χ3n) is 4.90. The molecular formula is C23H20ClN5O. The molecule has 0 amide bonds. The van der Waals surface area contributed by atoms with E-state index in [1.54, 1.807) is 19.5 Å². The Bertz CT molecular complexity index is 1340. The maximum atomic E-state index is 6.20. The molecule has 0 atom stereocenters. The lowest BCUT2D eigenvalue weighted by atomic mass is 10.1. The molecule has 0 spiro atoms. The zero-order valence-corrected chi connectivity index (χ0v) is 17.4. The van der Waals surface area contributed by atoms with Crippen molar-refractivity contribution in [3.05, 3.63) is 58.0 Å². The molecule has 30 heavy (non-hydrogen) atoms. The number of ether oxygens (including phenoxy) is 1. The second kappa shape index (κ2) is 8.44. The van der Waals surface area contributed by atoms with E-state index < -0.39 is 0 Å². The first-order chi connectivity index (χ1) is 14.7. The Morgan fingerprint density at radius 1 is 1.27 bits per heavy atom. The van der Waals surface area contributed by atoms with Crippen LogP contribution in [-0.4, -0.2) is 26.9 Å². The van der Waals surface area contributed by atoms with Gasteiger partial charge in [0.2, 0.25) is 0 Å². The van der Waals surface area contributed by atoms with Crippen LogP contribution in [-0.2, 0) is 4.74 Å².